The van der Waals surface area contributed by atoms with Crippen LogP contribution in [0.3, 0.4) is 0 Å². The lowest BCUT2D eigenvalue weighted by molar-refractivity contribution is 0.0981. The number of nitrogens with zero attached hydrogens (tertiary/aromatic N) is 5. The summed E-state index contributed by atoms with van der Waals surface area (Å²) in [7, 11) is 4.12. The van der Waals surface area contributed by atoms with Gasteiger partial charge in [-0.15, -0.1) is 11.3 Å². The monoisotopic (exact) mass is 634 g/mol. The number of fused-ring (bicyclic) bond motifs is 3. The summed E-state index contributed by atoms with van der Waals surface area (Å²) in [6, 6.07) is 20.0. The number of benzene rings is 2. The Morgan fingerprint density at radius 3 is 2.63 bits per heavy atom. The van der Waals surface area contributed by atoms with Gasteiger partial charge in [0.05, 0.1) is 40.4 Å². The predicted octanol–water partition coefficient (Wildman–Crippen LogP) is 7.02. The van der Waals surface area contributed by atoms with E-state index >= 15 is 0 Å². The first-order valence-electron chi connectivity index (χ1n) is 15.6. The quantitative estimate of drug-likeness (QED) is 0.199. The number of para-hydroxylation sites is 2. The number of likely N-dealkylation sites (N-methyl/N-ethyl adjacent to an activating group) is 1. The molecule has 2 amide bonds. The number of anilines is 2. The average Bonchev–Trinajstić information content (AvgIpc) is 3.70. The van der Waals surface area contributed by atoms with E-state index < -0.39 is 5.82 Å². The molecular weight excluding hydrogens is 600 g/mol. The zero-order chi connectivity index (χ0) is 31.9. The molecule has 1 aliphatic heterocycles. The molecule has 1 fully saturated rings. The van der Waals surface area contributed by atoms with Gasteiger partial charge in [-0.25, -0.2) is 9.37 Å². The van der Waals surface area contributed by atoms with E-state index in [1.807, 2.05) is 48.7 Å². The number of nitrogens with one attached hydrogen (secondary N) is 1. The minimum absolute atomic E-state index is 0.176. The highest BCUT2D eigenvalue weighted by Crippen LogP contribution is 2.45. The number of halogens is 1. The maximum Gasteiger partial charge on any atom is 0.276 e. The van der Waals surface area contributed by atoms with Crippen LogP contribution < -0.4 is 10.2 Å². The Morgan fingerprint density at radius 2 is 1.85 bits per heavy atom. The van der Waals surface area contributed by atoms with E-state index in [1.54, 1.807) is 30.0 Å². The Morgan fingerprint density at radius 1 is 1.04 bits per heavy atom. The fraction of sp³-hybridized carbons (Fsp3) is 0.278. The number of carbonyl (C=O) groups excluding carboxylic acids is 2. The van der Waals surface area contributed by atoms with Gasteiger partial charge in [0.25, 0.3) is 11.8 Å². The van der Waals surface area contributed by atoms with Crippen LogP contribution >= 0.6 is 11.3 Å². The smallest absolute Gasteiger partial charge is 0.276 e. The van der Waals surface area contributed by atoms with Crippen LogP contribution in [0.2, 0.25) is 0 Å². The first-order chi connectivity index (χ1) is 22.3. The summed E-state index contributed by atoms with van der Waals surface area (Å²) in [5.41, 5.74) is 6.80. The van der Waals surface area contributed by atoms with Crippen LogP contribution in [-0.4, -0.2) is 58.7 Å². The highest BCUT2D eigenvalue weighted by Gasteiger charge is 2.32. The molecule has 0 bridgehead atoms. The van der Waals surface area contributed by atoms with Crippen molar-refractivity contribution in [3.05, 3.63) is 106 Å². The van der Waals surface area contributed by atoms with Crippen molar-refractivity contribution in [3.63, 3.8) is 0 Å². The third-order valence-corrected chi connectivity index (χ3v) is 9.84. The van der Waals surface area contributed by atoms with Crippen LogP contribution in [0.15, 0.2) is 72.9 Å². The average molecular weight is 635 g/mol. The van der Waals surface area contributed by atoms with Gasteiger partial charge in [0.2, 0.25) is 0 Å². The maximum atomic E-state index is 14.4. The predicted molar refractivity (Wildman–Crippen MR) is 180 cm³/mol. The molecule has 10 heteroatoms. The maximum absolute atomic E-state index is 14.4. The second kappa shape index (κ2) is 12.3. The van der Waals surface area contributed by atoms with Crippen molar-refractivity contribution in [2.24, 2.45) is 0 Å². The fourth-order valence-electron chi connectivity index (χ4n) is 6.08. The molecule has 1 aliphatic carbocycles. The van der Waals surface area contributed by atoms with Gasteiger partial charge in [0.15, 0.2) is 0 Å². The minimum atomic E-state index is -0.467. The van der Waals surface area contributed by atoms with E-state index in [0.717, 1.165) is 58.9 Å². The summed E-state index contributed by atoms with van der Waals surface area (Å²) in [5.74, 6) is -0.524. The lowest BCUT2D eigenvalue weighted by Crippen LogP contribution is -2.33. The molecule has 0 radical (unpaired) electrons. The van der Waals surface area contributed by atoms with Crippen molar-refractivity contribution < 1.29 is 14.0 Å². The van der Waals surface area contributed by atoms with Gasteiger partial charge >= 0.3 is 0 Å². The Balaban J connectivity index is 1.17. The third-order valence-electron chi connectivity index (χ3n) is 8.63. The summed E-state index contributed by atoms with van der Waals surface area (Å²) < 4.78 is 16.5. The van der Waals surface area contributed by atoms with Crippen molar-refractivity contribution in [2.45, 2.75) is 38.6 Å². The molecule has 0 saturated heterocycles. The molecule has 234 valence electrons. The summed E-state index contributed by atoms with van der Waals surface area (Å²) in [4.78, 5) is 37.7. The van der Waals surface area contributed by atoms with Crippen LogP contribution in [0.4, 0.5) is 15.8 Å². The number of hydrogen-bond donors (Lipinski definition) is 1. The first kappa shape index (κ1) is 30.0. The topological polar surface area (TPSA) is 83.4 Å². The number of carbonyl (C=O) groups is 2. The summed E-state index contributed by atoms with van der Waals surface area (Å²) in [5, 5.41) is 7.46. The lowest BCUT2D eigenvalue weighted by atomic mass is 10.1. The van der Waals surface area contributed by atoms with Gasteiger partial charge in [-0.3, -0.25) is 14.3 Å². The second-order valence-electron chi connectivity index (χ2n) is 12.2. The van der Waals surface area contributed by atoms with Crippen molar-refractivity contribution in [1.82, 2.24) is 19.7 Å². The molecule has 5 aromatic rings. The van der Waals surface area contributed by atoms with E-state index in [0.29, 0.717) is 35.0 Å². The summed E-state index contributed by atoms with van der Waals surface area (Å²) in [6.45, 7) is 3.89. The van der Waals surface area contributed by atoms with Crippen LogP contribution in [0, 0.1) is 12.7 Å². The van der Waals surface area contributed by atoms with Crippen LogP contribution in [0.25, 0.3) is 21.7 Å². The molecule has 3 aromatic heterocycles. The summed E-state index contributed by atoms with van der Waals surface area (Å²) in [6.07, 6.45) is 4.73. The van der Waals surface area contributed by atoms with Gasteiger partial charge in [-0.2, -0.15) is 5.10 Å². The molecule has 8 nitrogen and oxygen atoms in total. The molecule has 2 aliphatic rings. The third kappa shape index (κ3) is 5.74. The van der Waals surface area contributed by atoms with Crippen molar-refractivity contribution in [2.75, 3.05) is 37.4 Å². The number of hydrogen-bond acceptors (Lipinski definition) is 6. The van der Waals surface area contributed by atoms with Gasteiger partial charge in [0.1, 0.15) is 11.5 Å². The fourth-order valence-corrected chi connectivity index (χ4v) is 7.22. The lowest BCUT2D eigenvalue weighted by Gasteiger charge is -2.23. The molecule has 7 rings (SSSR count). The van der Waals surface area contributed by atoms with Crippen molar-refractivity contribution in [1.29, 1.82) is 0 Å². The second-order valence-corrected chi connectivity index (χ2v) is 13.3. The number of aryl methyl sites for hydroxylation is 1. The number of pyridine rings is 1. The molecule has 46 heavy (non-hydrogen) atoms. The van der Waals surface area contributed by atoms with Crippen LogP contribution in [0.5, 0.6) is 0 Å². The van der Waals surface area contributed by atoms with E-state index in [4.69, 9.17) is 10.1 Å². The highest BCUT2D eigenvalue weighted by molar-refractivity contribution is 7.17. The van der Waals surface area contributed by atoms with Crippen LogP contribution in [-0.2, 0) is 13.0 Å². The standard InChI is InChI=1S/C36H35FN6O2S/c1-22-8-6-10-27(37)32(22)40-35(44)31-20-24-16-17-42(30-13-5-4-9-25(30)34(24)46-31)36(45)29-12-7-11-28(39-29)26-21-38-43(19-18-41(2)3)33(26)23-14-15-23/h4-13,20-21,23H,14-19H2,1-3H3,(H,40,44). The van der Waals surface area contributed by atoms with Crippen LogP contribution in [0.1, 0.15) is 55.7 Å². The summed E-state index contributed by atoms with van der Waals surface area (Å²) >= 11 is 1.36. The zero-order valence-electron chi connectivity index (χ0n) is 26.1. The molecular formula is C36H35FN6O2S. The Kier molecular flexibility index (Phi) is 8.00. The number of amides is 2. The van der Waals surface area contributed by atoms with Gasteiger partial charge < -0.3 is 15.1 Å². The SMILES string of the molecule is Cc1cccc(F)c1NC(=O)c1cc2c(s1)-c1ccccc1N(C(=O)c1cccc(-c3cnn(CCN(C)C)c3C3CC3)n1)CC2. The molecule has 0 unspecified atom stereocenters. The Bertz CT molecular complexity index is 1940. The Hall–Kier alpha value is -4.67. The number of thiophene rings is 1. The Labute approximate surface area is 271 Å². The van der Waals surface area contributed by atoms with E-state index in [-0.39, 0.29) is 17.5 Å². The van der Waals surface area contributed by atoms with Gasteiger partial charge in [0, 0.05) is 35.0 Å². The molecule has 4 heterocycles. The zero-order valence-corrected chi connectivity index (χ0v) is 26.9. The largest absolute Gasteiger partial charge is 0.319 e. The number of aromatic nitrogens is 3. The number of rotatable bonds is 8. The highest BCUT2D eigenvalue weighted by atomic mass is 32.1. The normalized spacial score (nSPS) is 14.2. The molecule has 1 saturated carbocycles. The minimum Gasteiger partial charge on any atom is -0.319 e. The molecule has 0 spiro atoms. The van der Waals surface area contributed by atoms with Crippen molar-refractivity contribution in [3.8, 4) is 21.7 Å². The molecule has 1 N–H and O–H groups in total. The van der Waals surface area contributed by atoms with E-state index in [2.05, 4.69) is 29.0 Å². The van der Waals surface area contributed by atoms with Gasteiger partial charge in [-0.1, -0.05) is 36.4 Å². The first-order valence-corrected chi connectivity index (χ1v) is 16.4. The van der Waals surface area contributed by atoms with Crippen molar-refractivity contribution >= 4 is 34.5 Å². The van der Waals surface area contributed by atoms with E-state index in [1.165, 1.54) is 23.1 Å². The molecule has 2 aromatic carbocycles. The van der Waals surface area contributed by atoms with Gasteiger partial charge in [-0.05, 0) is 81.7 Å². The molecule has 0 atom stereocenters. The van der Waals surface area contributed by atoms with E-state index in [9.17, 15) is 14.0 Å².